The second kappa shape index (κ2) is 9.84. The van der Waals surface area contributed by atoms with E-state index in [9.17, 15) is 4.79 Å². The molecule has 0 aliphatic rings. The van der Waals surface area contributed by atoms with E-state index in [1.807, 2.05) is 56.5 Å². The molecule has 8 nitrogen and oxygen atoms in total. The number of rotatable bonds is 9. The molecule has 29 heavy (non-hydrogen) atoms. The largest absolute Gasteiger partial charge is 0.482 e. The number of aromatic nitrogens is 5. The number of thioether (sulfide) groups is 1. The third-order valence-corrected chi connectivity index (χ3v) is 6.12. The number of ether oxygens (including phenoxy) is 1. The van der Waals surface area contributed by atoms with Gasteiger partial charge in [0.05, 0.1) is 5.75 Å². The molecule has 1 aromatic carbocycles. The molecular formula is C19H24N6O2S2. The zero-order chi connectivity index (χ0) is 20.8. The van der Waals surface area contributed by atoms with E-state index in [4.69, 9.17) is 4.74 Å². The Bertz CT molecular complexity index is 971. The van der Waals surface area contributed by atoms with Crippen molar-refractivity contribution in [3.8, 4) is 5.75 Å². The third-order valence-electron chi connectivity index (χ3n) is 4.17. The third kappa shape index (κ3) is 5.33. The maximum Gasteiger partial charge on any atom is 0.236 e. The van der Waals surface area contributed by atoms with Crippen LogP contribution in [0.2, 0.25) is 0 Å². The van der Waals surface area contributed by atoms with E-state index < -0.39 is 0 Å². The predicted molar refractivity (Wildman–Crippen MR) is 115 cm³/mol. The van der Waals surface area contributed by atoms with Crippen LogP contribution in [0.4, 0.5) is 5.13 Å². The fourth-order valence-corrected chi connectivity index (χ4v) is 4.17. The van der Waals surface area contributed by atoms with E-state index in [1.54, 1.807) is 0 Å². The molecule has 0 fully saturated rings. The van der Waals surface area contributed by atoms with Crippen LogP contribution in [0.1, 0.15) is 43.3 Å². The monoisotopic (exact) mass is 432 g/mol. The molecule has 0 spiro atoms. The number of nitrogens with one attached hydrogen (secondary N) is 1. The number of anilines is 1. The fourth-order valence-electron chi connectivity index (χ4n) is 2.67. The van der Waals surface area contributed by atoms with Crippen molar-refractivity contribution in [2.24, 2.45) is 0 Å². The highest BCUT2D eigenvalue weighted by atomic mass is 32.2. The Labute approximate surface area is 178 Å². The number of carbonyl (C=O) groups is 1. The SMILES string of the molecule is CCc1nnc(NC(=O)CSc2nnc(C(C)Oc3ccccc3C)n2CC)s1. The van der Waals surface area contributed by atoms with Crippen LogP contribution in [-0.4, -0.2) is 36.6 Å². The maximum absolute atomic E-state index is 12.2. The van der Waals surface area contributed by atoms with Crippen molar-refractivity contribution in [3.63, 3.8) is 0 Å². The molecule has 0 bridgehead atoms. The summed E-state index contributed by atoms with van der Waals surface area (Å²) in [5.74, 6) is 1.62. The molecule has 1 amide bonds. The second-order valence-electron chi connectivity index (χ2n) is 6.30. The Morgan fingerprint density at radius 2 is 2.03 bits per heavy atom. The maximum atomic E-state index is 12.2. The van der Waals surface area contributed by atoms with Crippen LogP contribution in [0.5, 0.6) is 5.75 Å². The fraction of sp³-hybridized carbons (Fsp3) is 0.421. The average Bonchev–Trinajstić information content (AvgIpc) is 3.34. The minimum atomic E-state index is -0.263. The minimum Gasteiger partial charge on any atom is -0.482 e. The van der Waals surface area contributed by atoms with E-state index >= 15 is 0 Å². The Hall–Kier alpha value is -2.46. The van der Waals surface area contributed by atoms with Gasteiger partial charge in [0, 0.05) is 6.54 Å². The molecule has 0 aliphatic heterocycles. The van der Waals surface area contributed by atoms with Crippen molar-refractivity contribution in [2.45, 2.75) is 51.9 Å². The molecular weight excluding hydrogens is 408 g/mol. The van der Waals surface area contributed by atoms with Crippen molar-refractivity contribution < 1.29 is 9.53 Å². The van der Waals surface area contributed by atoms with E-state index in [0.29, 0.717) is 16.8 Å². The Morgan fingerprint density at radius 3 is 2.72 bits per heavy atom. The molecule has 1 atom stereocenters. The number of amides is 1. The van der Waals surface area contributed by atoms with Gasteiger partial charge in [0.2, 0.25) is 11.0 Å². The number of hydrogen-bond donors (Lipinski definition) is 1. The smallest absolute Gasteiger partial charge is 0.236 e. The predicted octanol–water partition coefficient (Wildman–Crippen LogP) is 3.89. The molecule has 1 N–H and O–H groups in total. The first-order valence-corrected chi connectivity index (χ1v) is 11.2. The summed E-state index contributed by atoms with van der Waals surface area (Å²) in [4.78, 5) is 12.2. The van der Waals surface area contributed by atoms with E-state index in [2.05, 4.69) is 25.7 Å². The number of hydrogen-bond acceptors (Lipinski definition) is 8. The Balaban J connectivity index is 1.62. The van der Waals surface area contributed by atoms with Crippen molar-refractivity contribution in [1.82, 2.24) is 25.0 Å². The summed E-state index contributed by atoms with van der Waals surface area (Å²) in [6.07, 6.45) is 0.536. The average molecular weight is 433 g/mol. The van der Waals surface area contributed by atoms with E-state index in [-0.39, 0.29) is 17.8 Å². The number of nitrogens with zero attached hydrogens (tertiary/aromatic N) is 5. The van der Waals surface area contributed by atoms with E-state index in [0.717, 1.165) is 28.6 Å². The second-order valence-corrected chi connectivity index (χ2v) is 8.31. The summed E-state index contributed by atoms with van der Waals surface area (Å²) in [7, 11) is 0. The highest BCUT2D eigenvalue weighted by molar-refractivity contribution is 7.99. The van der Waals surface area contributed by atoms with Gasteiger partial charge in [0.25, 0.3) is 0 Å². The van der Waals surface area contributed by atoms with Crippen molar-refractivity contribution in [2.75, 3.05) is 11.1 Å². The zero-order valence-electron chi connectivity index (χ0n) is 16.9. The van der Waals surface area contributed by atoms with Crippen LogP contribution < -0.4 is 10.1 Å². The standard InChI is InChI=1S/C19H24N6O2S2/c1-5-16-21-23-18(29-16)20-15(26)11-28-19-24-22-17(25(19)6-2)13(4)27-14-10-8-7-9-12(14)3/h7-10,13H,5-6,11H2,1-4H3,(H,20,23,26). The normalized spacial score (nSPS) is 12.0. The molecule has 0 radical (unpaired) electrons. The van der Waals surface area contributed by atoms with Gasteiger partial charge in [-0.2, -0.15) is 0 Å². The van der Waals surface area contributed by atoms with Crippen molar-refractivity contribution in [3.05, 3.63) is 40.7 Å². The van der Waals surface area contributed by atoms with Crippen LogP contribution in [-0.2, 0) is 17.8 Å². The Kier molecular flexibility index (Phi) is 7.21. The molecule has 1 unspecified atom stereocenters. The number of para-hydroxylation sites is 1. The number of aryl methyl sites for hydroxylation is 2. The van der Waals surface area contributed by atoms with Gasteiger partial charge >= 0.3 is 0 Å². The van der Waals surface area contributed by atoms with E-state index in [1.165, 1.54) is 23.1 Å². The molecule has 154 valence electrons. The van der Waals surface area contributed by atoms with Gasteiger partial charge in [-0.15, -0.1) is 20.4 Å². The lowest BCUT2D eigenvalue weighted by Gasteiger charge is -2.16. The highest BCUT2D eigenvalue weighted by Gasteiger charge is 2.20. The molecule has 2 aromatic heterocycles. The molecule has 0 aliphatic carbocycles. The van der Waals surface area contributed by atoms with Gasteiger partial charge in [-0.05, 0) is 38.8 Å². The summed E-state index contributed by atoms with van der Waals surface area (Å²) in [6.45, 7) is 8.66. The first kappa shape index (κ1) is 21.3. The van der Waals surface area contributed by atoms with Crippen molar-refractivity contribution >= 4 is 34.1 Å². The van der Waals surface area contributed by atoms with Gasteiger partial charge in [0.1, 0.15) is 10.8 Å². The first-order chi connectivity index (χ1) is 14.0. The lowest BCUT2D eigenvalue weighted by molar-refractivity contribution is -0.113. The van der Waals surface area contributed by atoms with Gasteiger partial charge in [-0.3, -0.25) is 10.1 Å². The number of benzene rings is 1. The lowest BCUT2D eigenvalue weighted by Crippen LogP contribution is -2.15. The molecule has 0 saturated heterocycles. The van der Waals surface area contributed by atoms with Gasteiger partial charge in [-0.1, -0.05) is 48.2 Å². The van der Waals surface area contributed by atoms with Crippen LogP contribution in [0.25, 0.3) is 0 Å². The quantitative estimate of drug-likeness (QED) is 0.513. The summed E-state index contributed by atoms with van der Waals surface area (Å²) in [5, 5.41) is 21.4. The molecule has 3 rings (SSSR count). The van der Waals surface area contributed by atoms with Gasteiger partial charge in [0.15, 0.2) is 17.1 Å². The Morgan fingerprint density at radius 1 is 1.24 bits per heavy atom. The van der Waals surface area contributed by atoms with Crippen LogP contribution >= 0.6 is 23.1 Å². The summed E-state index contributed by atoms with van der Waals surface area (Å²) < 4.78 is 8.05. The van der Waals surface area contributed by atoms with Crippen LogP contribution in [0, 0.1) is 6.92 Å². The summed E-state index contributed by atoms with van der Waals surface area (Å²) in [6, 6.07) is 7.87. The van der Waals surface area contributed by atoms with Crippen molar-refractivity contribution in [1.29, 1.82) is 0 Å². The van der Waals surface area contributed by atoms with Crippen LogP contribution in [0.3, 0.4) is 0 Å². The topological polar surface area (TPSA) is 94.8 Å². The minimum absolute atomic E-state index is 0.148. The molecule has 0 saturated carbocycles. The zero-order valence-corrected chi connectivity index (χ0v) is 18.5. The van der Waals surface area contributed by atoms with Gasteiger partial charge < -0.3 is 9.30 Å². The molecule has 10 heteroatoms. The summed E-state index contributed by atoms with van der Waals surface area (Å²) in [5.41, 5.74) is 1.07. The number of carbonyl (C=O) groups excluding carboxylic acids is 1. The molecule has 2 heterocycles. The first-order valence-electron chi connectivity index (χ1n) is 9.42. The highest BCUT2D eigenvalue weighted by Crippen LogP contribution is 2.26. The van der Waals surface area contributed by atoms with Gasteiger partial charge in [-0.25, -0.2) is 0 Å². The summed E-state index contributed by atoms with van der Waals surface area (Å²) >= 11 is 2.72. The van der Waals surface area contributed by atoms with Crippen LogP contribution in [0.15, 0.2) is 29.4 Å². The lowest BCUT2D eigenvalue weighted by atomic mass is 10.2. The molecule has 3 aromatic rings.